The molecule has 5 rings (SSSR count). The Labute approximate surface area is 163 Å². The molecule has 0 bridgehead atoms. The third-order valence-electron chi connectivity index (χ3n) is 5.17. The van der Waals surface area contributed by atoms with Gasteiger partial charge in [0.15, 0.2) is 5.65 Å². The minimum Gasteiger partial charge on any atom is -0.311 e. The third-order valence-corrected chi connectivity index (χ3v) is 6.77. The van der Waals surface area contributed by atoms with Gasteiger partial charge in [0.25, 0.3) is 0 Å². The van der Waals surface area contributed by atoms with Crippen LogP contribution in [0.1, 0.15) is 18.4 Å². The van der Waals surface area contributed by atoms with E-state index < -0.39 is 10.9 Å². The molecule has 2 saturated heterocycles. The number of rotatable bonds is 3. The van der Waals surface area contributed by atoms with Crippen LogP contribution in [0.15, 0.2) is 42.9 Å². The molecule has 3 aromatic rings. The molecule has 2 atom stereocenters. The van der Waals surface area contributed by atoms with Crippen LogP contribution in [0, 0.1) is 5.82 Å². The summed E-state index contributed by atoms with van der Waals surface area (Å²) in [6.07, 6.45) is 5.70. The number of nitrogens with zero attached hydrogens (tertiary/aromatic N) is 5. The maximum atomic E-state index is 13.4. The lowest BCUT2D eigenvalue weighted by atomic mass is 10.0. The molecule has 1 aromatic carbocycles. The van der Waals surface area contributed by atoms with Crippen molar-refractivity contribution in [3.8, 4) is 0 Å². The van der Waals surface area contributed by atoms with Crippen molar-refractivity contribution in [2.75, 3.05) is 11.1 Å². The number of hydrogen-bond donors (Lipinski definition) is 1. The molecule has 2 aliphatic heterocycles. The van der Waals surface area contributed by atoms with Gasteiger partial charge < -0.3 is 4.90 Å². The van der Waals surface area contributed by atoms with Gasteiger partial charge in [-0.05, 0) is 24.1 Å². The van der Waals surface area contributed by atoms with Gasteiger partial charge in [-0.15, -0.1) is 22.0 Å². The first-order chi connectivity index (χ1) is 13.6. The molecule has 2 aromatic heterocycles. The van der Waals surface area contributed by atoms with Gasteiger partial charge in [-0.2, -0.15) is 0 Å². The van der Waals surface area contributed by atoms with Crippen molar-refractivity contribution >= 4 is 35.2 Å². The Kier molecular flexibility index (Phi) is 3.83. The van der Waals surface area contributed by atoms with Crippen LogP contribution in [-0.4, -0.2) is 48.1 Å². The first kappa shape index (κ1) is 17.1. The molecule has 2 fully saturated rings. The van der Waals surface area contributed by atoms with E-state index in [1.165, 1.54) is 18.3 Å². The van der Waals surface area contributed by atoms with Gasteiger partial charge in [-0.3, -0.25) is 24.3 Å². The fourth-order valence-corrected chi connectivity index (χ4v) is 5.53. The van der Waals surface area contributed by atoms with Gasteiger partial charge in [0.05, 0.1) is 6.20 Å². The molecule has 0 saturated carbocycles. The summed E-state index contributed by atoms with van der Waals surface area (Å²) in [4.78, 5) is 30.6. The first-order valence-corrected chi connectivity index (χ1v) is 9.75. The van der Waals surface area contributed by atoms with Crippen molar-refractivity contribution in [1.82, 2.24) is 24.5 Å². The number of carbonyl (C=O) groups is 2. The van der Waals surface area contributed by atoms with Gasteiger partial charge in [-0.25, -0.2) is 4.39 Å². The van der Waals surface area contributed by atoms with Crippen molar-refractivity contribution in [1.29, 1.82) is 0 Å². The first-order valence-electron chi connectivity index (χ1n) is 8.76. The van der Waals surface area contributed by atoms with E-state index in [1.54, 1.807) is 45.6 Å². The van der Waals surface area contributed by atoms with Crippen LogP contribution in [-0.2, 0) is 14.5 Å². The van der Waals surface area contributed by atoms with Gasteiger partial charge in [0, 0.05) is 24.6 Å². The maximum absolute atomic E-state index is 13.4. The zero-order valence-corrected chi connectivity index (χ0v) is 15.4. The number of amides is 2. The monoisotopic (exact) mass is 398 g/mol. The molecule has 0 radical (unpaired) electrons. The second-order valence-corrected chi connectivity index (χ2v) is 8.00. The summed E-state index contributed by atoms with van der Waals surface area (Å²) in [5.41, 5.74) is 1.34. The highest BCUT2D eigenvalue weighted by Gasteiger charge is 2.56. The summed E-state index contributed by atoms with van der Waals surface area (Å²) in [6.45, 7) is 0. The van der Waals surface area contributed by atoms with Crippen LogP contribution >= 0.6 is 11.8 Å². The lowest BCUT2D eigenvalue weighted by Gasteiger charge is -2.33. The predicted molar refractivity (Wildman–Crippen MR) is 99.8 cm³/mol. The molecule has 2 unspecified atom stereocenters. The molecule has 2 aliphatic rings. The van der Waals surface area contributed by atoms with Gasteiger partial charge in [0.2, 0.25) is 17.8 Å². The summed E-state index contributed by atoms with van der Waals surface area (Å²) >= 11 is 1.54. The fourth-order valence-electron chi connectivity index (χ4n) is 3.88. The second-order valence-electron chi connectivity index (χ2n) is 6.70. The number of anilines is 1. The Hall–Kier alpha value is -3.01. The van der Waals surface area contributed by atoms with Crippen molar-refractivity contribution < 1.29 is 14.0 Å². The van der Waals surface area contributed by atoms with Crippen LogP contribution in [0.2, 0.25) is 0 Å². The highest BCUT2D eigenvalue weighted by molar-refractivity contribution is 8.00. The molecule has 4 heterocycles. The van der Waals surface area contributed by atoms with Gasteiger partial charge in [0.1, 0.15) is 16.7 Å². The minimum atomic E-state index is -0.640. The Morgan fingerprint density at radius 3 is 2.93 bits per heavy atom. The number of thioether (sulfide) groups is 1. The highest BCUT2D eigenvalue weighted by Crippen LogP contribution is 2.54. The Balaban J connectivity index is 1.45. The molecule has 2 amide bonds. The normalized spacial score (nSPS) is 24.0. The Morgan fingerprint density at radius 2 is 2.11 bits per heavy atom. The standard InChI is InChI=1S/C18H15FN6O2S/c19-12-3-1-11(2-4-12)18-6-5-15(26)25(18)13(10-28-18)16(27)21-17-23-22-14-9-20-7-8-24(14)17/h1-4,7-9,13H,5-6,10H2,(H,21,23,27). The van der Waals surface area contributed by atoms with Crippen LogP contribution in [0.5, 0.6) is 0 Å². The number of nitrogens with one attached hydrogen (secondary N) is 1. The number of carbonyl (C=O) groups excluding carboxylic acids is 2. The molecule has 10 heteroatoms. The Morgan fingerprint density at radius 1 is 1.29 bits per heavy atom. The summed E-state index contributed by atoms with van der Waals surface area (Å²) in [7, 11) is 0. The van der Waals surface area contributed by atoms with E-state index in [1.807, 2.05) is 0 Å². The lowest BCUT2D eigenvalue weighted by molar-refractivity contribution is -0.136. The molecule has 28 heavy (non-hydrogen) atoms. The van der Waals surface area contributed by atoms with Crippen molar-refractivity contribution in [2.24, 2.45) is 0 Å². The molecule has 0 spiro atoms. The fraction of sp³-hybridized carbons (Fsp3) is 0.278. The summed E-state index contributed by atoms with van der Waals surface area (Å²) < 4.78 is 15.0. The lowest BCUT2D eigenvalue weighted by Crippen LogP contribution is -2.48. The smallest absolute Gasteiger partial charge is 0.250 e. The van der Waals surface area contributed by atoms with Crippen LogP contribution < -0.4 is 5.32 Å². The number of benzene rings is 1. The van der Waals surface area contributed by atoms with Crippen molar-refractivity contribution in [2.45, 2.75) is 23.8 Å². The summed E-state index contributed by atoms with van der Waals surface area (Å²) in [5.74, 6) is -0.00444. The number of aromatic nitrogens is 4. The van der Waals surface area contributed by atoms with E-state index in [4.69, 9.17) is 0 Å². The maximum Gasteiger partial charge on any atom is 0.250 e. The average Bonchev–Trinajstić information content (AvgIpc) is 3.37. The van der Waals surface area contributed by atoms with E-state index in [0.29, 0.717) is 24.2 Å². The Bertz CT molecular complexity index is 1090. The topological polar surface area (TPSA) is 92.5 Å². The number of hydrogen-bond acceptors (Lipinski definition) is 6. The number of fused-ring (bicyclic) bond motifs is 2. The molecule has 142 valence electrons. The summed E-state index contributed by atoms with van der Waals surface area (Å²) in [6, 6.07) is 5.50. The molecule has 1 N–H and O–H groups in total. The largest absolute Gasteiger partial charge is 0.311 e. The molecule has 8 nitrogen and oxygen atoms in total. The molecular weight excluding hydrogens is 383 g/mol. The van der Waals surface area contributed by atoms with E-state index in [0.717, 1.165) is 5.56 Å². The quantitative estimate of drug-likeness (QED) is 0.723. The zero-order valence-electron chi connectivity index (χ0n) is 14.6. The van der Waals surface area contributed by atoms with Crippen molar-refractivity contribution in [3.05, 3.63) is 54.2 Å². The van der Waals surface area contributed by atoms with Crippen LogP contribution in [0.3, 0.4) is 0 Å². The van der Waals surface area contributed by atoms with E-state index >= 15 is 0 Å². The minimum absolute atomic E-state index is 0.0789. The van der Waals surface area contributed by atoms with Crippen molar-refractivity contribution in [3.63, 3.8) is 0 Å². The summed E-state index contributed by atoms with van der Waals surface area (Å²) in [5, 5.41) is 10.7. The number of halogens is 1. The predicted octanol–water partition coefficient (Wildman–Crippen LogP) is 1.79. The second kappa shape index (κ2) is 6.26. The van der Waals surface area contributed by atoms with E-state index in [2.05, 4.69) is 20.5 Å². The highest BCUT2D eigenvalue weighted by atomic mass is 32.2. The average molecular weight is 398 g/mol. The van der Waals surface area contributed by atoms with Gasteiger partial charge >= 0.3 is 0 Å². The van der Waals surface area contributed by atoms with E-state index in [-0.39, 0.29) is 23.6 Å². The van der Waals surface area contributed by atoms with Gasteiger partial charge in [-0.1, -0.05) is 12.1 Å². The van der Waals surface area contributed by atoms with Crippen LogP contribution in [0.4, 0.5) is 10.3 Å². The molecule has 0 aliphatic carbocycles. The van der Waals surface area contributed by atoms with Crippen LogP contribution in [0.25, 0.3) is 5.65 Å². The third kappa shape index (κ3) is 2.48. The zero-order chi connectivity index (χ0) is 19.3. The van der Waals surface area contributed by atoms with E-state index in [9.17, 15) is 14.0 Å². The molecular formula is C18H15FN6O2S. The SMILES string of the molecule is O=C(Nc1nnc2cnccn12)C1CSC2(c3ccc(F)cc3)CCC(=O)N12.